The molecule has 0 rings (SSSR count). The Balaban J connectivity index is 2.99. The Morgan fingerprint density at radius 3 is 1.67 bits per heavy atom. The molecule has 37 valence electrons. The van der Waals surface area contributed by atoms with Crippen LogP contribution in [0, 0.1) is 12.0 Å². The third kappa shape index (κ3) is 2.21. The van der Waals surface area contributed by atoms with E-state index in [0.29, 0.717) is 12.0 Å². The molecule has 0 heterocycles. The summed E-state index contributed by atoms with van der Waals surface area (Å²) in [7, 11) is 0. The summed E-state index contributed by atoms with van der Waals surface area (Å²) in [4.78, 5) is 0. The smallest absolute Gasteiger partial charge is 0.0927 e. The first-order valence-electron chi connectivity index (χ1n) is 2.17. The molecule has 1 heteroatoms. The molecule has 0 aromatic carbocycles. The zero-order chi connectivity index (χ0) is 5.15. The maximum absolute atomic E-state index is 8.55. The van der Waals surface area contributed by atoms with Crippen LogP contribution in [-0.4, -0.2) is 5.11 Å². The van der Waals surface area contributed by atoms with Crippen LogP contribution in [0.2, 0.25) is 0 Å². The second-order valence-corrected chi connectivity index (χ2v) is 1.80. The van der Waals surface area contributed by atoms with Crippen LogP contribution in [0.25, 0.3) is 0 Å². The molecule has 0 bridgehead atoms. The van der Waals surface area contributed by atoms with Crippen molar-refractivity contribution in [1.29, 1.82) is 0 Å². The second kappa shape index (κ2) is 2.19. The van der Waals surface area contributed by atoms with Gasteiger partial charge in [0, 0.05) is 0 Å². The predicted octanol–water partition coefficient (Wildman–Crippen LogP) is 1.57. The lowest BCUT2D eigenvalue weighted by Crippen LogP contribution is -1.97. The van der Waals surface area contributed by atoms with Crippen LogP contribution in [0.3, 0.4) is 0 Å². The lowest BCUT2D eigenvalue weighted by atomic mass is 10.1. The molecule has 0 aromatic rings. The SMILES string of the molecule is C[C](O)C(C)C. The Morgan fingerprint density at radius 2 is 1.67 bits per heavy atom. The van der Waals surface area contributed by atoms with Gasteiger partial charge < -0.3 is 5.11 Å². The summed E-state index contributed by atoms with van der Waals surface area (Å²) in [6.45, 7) is 5.62. The lowest BCUT2D eigenvalue weighted by Gasteiger charge is -2.02. The van der Waals surface area contributed by atoms with Gasteiger partial charge in [-0.05, 0) is 12.8 Å². The number of rotatable bonds is 1. The molecular formula is C5H11O. The molecule has 0 spiro atoms. The van der Waals surface area contributed by atoms with Gasteiger partial charge >= 0.3 is 0 Å². The summed E-state index contributed by atoms with van der Waals surface area (Å²) in [6.07, 6.45) is 0.509. The van der Waals surface area contributed by atoms with E-state index in [9.17, 15) is 0 Å². The summed E-state index contributed by atoms with van der Waals surface area (Å²) in [6, 6.07) is 0. The molecule has 0 saturated heterocycles. The number of hydrogen-bond acceptors (Lipinski definition) is 1. The molecule has 0 atom stereocenters. The van der Waals surface area contributed by atoms with Crippen molar-refractivity contribution in [2.45, 2.75) is 20.8 Å². The molecule has 1 radical (unpaired) electrons. The van der Waals surface area contributed by atoms with Gasteiger partial charge in [0.15, 0.2) is 0 Å². The summed E-state index contributed by atoms with van der Waals surface area (Å²) < 4.78 is 0. The summed E-state index contributed by atoms with van der Waals surface area (Å²) in [5.41, 5.74) is 0. The van der Waals surface area contributed by atoms with Crippen LogP contribution < -0.4 is 0 Å². The van der Waals surface area contributed by atoms with E-state index in [2.05, 4.69) is 0 Å². The zero-order valence-electron chi connectivity index (χ0n) is 4.52. The van der Waals surface area contributed by atoms with Crippen molar-refractivity contribution in [1.82, 2.24) is 0 Å². The highest BCUT2D eigenvalue weighted by molar-refractivity contribution is 4.70. The number of hydrogen-bond donors (Lipinski definition) is 1. The molecule has 0 fully saturated rings. The van der Waals surface area contributed by atoms with Gasteiger partial charge in [0.25, 0.3) is 0 Å². The highest BCUT2D eigenvalue weighted by Crippen LogP contribution is 2.05. The highest BCUT2D eigenvalue weighted by atomic mass is 16.3. The first-order valence-corrected chi connectivity index (χ1v) is 2.17. The van der Waals surface area contributed by atoms with E-state index in [4.69, 9.17) is 5.11 Å². The third-order valence-electron chi connectivity index (χ3n) is 0.836. The fourth-order valence-corrected chi connectivity index (χ4v) is 0. The largest absolute Gasteiger partial charge is 0.387 e. The highest BCUT2D eigenvalue weighted by Gasteiger charge is 1.99. The first kappa shape index (κ1) is 5.96. The topological polar surface area (TPSA) is 20.2 Å². The fraction of sp³-hybridized carbons (Fsp3) is 0.800. The van der Waals surface area contributed by atoms with Gasteiger partial charge in [0.1, 0.15) is 0 Å². The molecule has 0 aliphatic heterocycles. The maximum atomic E-state index is 8.55. The van der Waals surface area contributed by atoms with Gasteiger partial charge in [-0.25, -0.2) is 0 Å². The third-order valence-corrected chi connectivity index (χ3v) is 0.836. The van der Waals surface area contributed by atoms with Crippen LogP contribution in [0.5, 0.6) is 0 Å². The molecule has 0 amide bonds. The van der Waals surface area contributed by atoms with Gasteiger partial charge in [-0.1, -0.05) is 13.8 Å². The Bertz CT molecular complexity index is 24.9. The van der Waals surface area contributed by atoms with Gasteiger partial charge in [0.05, 0.1) is 6.10 Å². The van der Waals surface area contributed by atoms with Crippen molar-refractivity contribution >= 4 is 0 Å². The van der Waals surface area contributed by atoms with E-state index in [1.807, 2.05) is 13.8 Å². The van der Waals surface area contributed by atoms with Crippen molar-refractivity contribution in [2.75, 3.05) is 0 Å². The first-order chi connectivity index (χ1) is 2.64. The fourth-order valence-electron chi connectivity index (χ4n) is 0. The van der Waals surface area contributed by atoms with Gasteiger partial charge in [-0.3, -0.25) is 0 Å². The van der Waals surface area contributed by atoms with Crippen molar-refractivity contribution in [2.24, 2.45) is 5.92 Å². The second-order valence-electron chi connectivity index (χ2n) is 1.80. The van der Waals surface area contributed by atoms with Gasteiger partial charge in [-0.15, -0.1) is 0 Å². The minimum absolute atomic E-state index is 0.324. The molecular weight excluding hydrogens is 76.1 g/mol. The normalized spacial score (nSPS) is 11.0. The Kier molecular flexibility index (Phi) is 2.18. The predicted molar refractivity (Wildman–Crippen MR) is 25.7 cm³/mol. The van der Waals surface area contributed by atoms with Crippen molar-refractivity contribution < 1.29 is 5.11 Å². The van der Waals surface area contributed by atoms with E-state index >= 15 is 0 Å². The Labute approximate surface area is 39.0 Å². The van der Waals surface area contributed by atoms with Gasteiger partial charge in [-0.2, -0.15) is 0 Å². The standard InChI is InChI=1S/C5H11O/c1-4(2)5(3)6/h4,6H,1-3H3. The quantitative estimate of drug-likeness (QED) is 0.514. The zero-order valence-corrected chi connectivity index (χ0v) is 4.52. The van der Waals surface area contributed by atoms with Crippen LogP contribution >= 0.6 is 0 Å². The van der Waals surface area contributed by atoms with Crippen molar-refractivity contribution in [3.8, 4) is 0 Å². The molecule has 0 aliphatic carbocycles. The van der Waals surface area contributed by atoms with Crippen LogP contribution in [0.1, 0.15) is 20.8 Å². The molecule has 0 aromatic heterocycles. The van der Waals surface area contributed by atoms with Crippen LogP contribution in [0.15, 0.2) is 0 Å². The van der Waals surface area contributed by atoms with Crippen molar-refractivity contribution in [3.05, 3.63) is 6.10 Å². The number of aliphatic hydroxyl groups is 1. The summed E-state index contributed by atoms with van der Waals surface area (Å²) in [5, 5.41) is 8.55. The summed E-state index contributed by atoms with van der Waals surface area (Å²) >= 11 is 0. The average molecular weight is 87.1 g/mol. The Morgan fingerprint density at radius 1 is 1.50 bits per heavy atom. The minimum atomic E-state index is 0.324. The van der Waals surface area contributed by atoms with Crippen LogP contribution in [-0.2, 0) is 0 Å². The molecule has 1 nitrogen and oxygen atoms in total. The minimum Gasteiger partial charge on any atom is -0.387 e. The van der Waals surface area contributed by atoms with Gasteiger partial charge in [0.2, 0.25) is 0 Å². The Hall–Kier alpha value is -0.0400. The molecule has 1 N–H and O–H groups in total. The molecule has 6 heavy (non-hydrogen) atoms. The molecule has 0 unspecified atom stereocenters. The van der Waals surface area contributed by atoms with Crippen molar-refractivity contribution in [3.63, 3.8) is 0 Å². The number of aliphatic hydroxyl groups excluding tert-OH is 1. The summed E-state index contributed by atoms with van der Waals surface area (Å²) in [5.74, 6) is 0.324. The maximum Gasteiger partial charge on any atom is 0.0927 e. The van der Waals surface area contributed by atoms with E-state index in [-0.39, 0.29) is 0 Å². The van der Waals surface area contributed by atoms with E-state index in [0.717, 1.165) is 0 Å². The van der Waals surface area contributed by atoms with E-state index in [1.54, 1.807) is 6.92 Å². The molecule has 0 aliphatic rings. The van der Waals surface area contributed by atoms with Crippen LogP contribution in [0.4, 0.5) is 0 Å². The monoisotopic (exact) mass is 87.1 g/mol. The van der Waals surface area contributed by atoms with E-state index < -0.39 is 0 Å². The lowest BCUT2D eigenvalue weighted by molar-refractivity contribution is 0.257. The molecule has 0 saturated carbocycles. The van der Waals surface area contributed by atoms with E-state index in [1.165, 1.54) is 0 Å². The average Bonchev–Trinajstić information content (AvgIpc) is 1.36.